The summed E-state index contributed by atoms with van der Waals surface area (Å²) >= 11 is 3.46. The van der Waals surface area contributed by atoms with E-state index in [1.54, 1.807) is 0 Å². The molecule has 1 heterocycles. The van der Waals surface area contributed by atoms with E-state index in [-0.39, 0.29) is 5.79 Å². The van der Waals surface area contributed by atoms with Crippen molar-refractivity contribution in [2.24, 2.45) is 5.92 Å². The molecule has 2 fully saturated rings. The molecule has 1 saturated carbocycles. The Labute approximate surface area is 117 Å². The normalized spacial score (nSPS) is 22.3. The number of hydrogen-bond donors (Lipinski definition) is 0. The first kappa shape index (κ1) is 12.6. The molecule has 98 valence electrons. The molecule has 0 atom stereocenters. The Morgan fingerprint density at radius 1 is 1.11 bits per heavy atom. The third kappa shape index (κ3) is 2.79. The van der Waals surface area contributed by atoms with Crippen LogP contribution in [0.3, 0.4) is 0 Å². The molecule has 0 aromatic heterocycles. The third-order valence-corrected chi connectivity index (χ3v) is 4.53. The van der Waals surface area contributed by atoms with Crippen molar-refractivity contribution in [2.75, 3.05) is 13.2 Å². The van der Waals surface area contributed by atoms with Crippen LogP contribution >= 0.6 is 15.9 Å². The summed E-state index contributed by atoms with van der Waals surface area (Å²) in [5.41, 5.74) is 1.43. The molecular weight excluding hydrogens is 292 g/mol. The summed E-state index contributed by atoms with van der Waals surface area (Å²) in [5, 5.41) is 0. The van der Waals surface area contributed by atoms with E-state index in [1.807, 2.05) is 0 Å². The Kier molecular flexibility index (Phi) is 3.73. The van der Waals surface area contributed by atoms with Gasteiger partial charge in [-0.1, -0.05) is 28.1 Å². The van der Waals surface area contributed by atoms with Gasteiger partial charge < -0.3 is 9.47 Å². The van der Waals surface area contributed by atoms with Crippen molar-refractivity contribution in [2.45, 2.75) is 37.9 Å². The molecule has 3 heteroatoms. The SMILES string of the molecule is Brc1ccc(CCCC2CC3(C2)OCCO3)cc1. The molecule has 0 amide bonds. The second-order valence-electron chi connectivity index (χ2n) is 5.40. The van der Waals surface area contributed by atoms with Crippen molar-refractivity contribution in [3.8, 4) is 0 Å². The highest BCUT2D eigenvalue weighted by Gasteiger charge is 2.48. The molecule has 1 aromatic rings. The minimum atomic E-state index is -0.164. The predicted molar refractivity (Wildman–Crippen MR) is 74.4 cm³/mol. The van der Waals surface area contributed by atoms with Crippen LogP contribution in [-0.4, -0.2) is 19.0 Å². The Bertz CT molecular complexity index is 387. The van der Waals surface area contributed by atoms with Crippen LogP contribution in [0.4, 0.5) is 0 Å². The van der Waals surface area contributed by atoms with Gasteiger partial charge in [0.1, 0.15) is 0 Å². The van der Waals surface area contributed by atoms with Gasteiger partial charge in [0, 0.05) is 17.3 Å². The van der Waals surface area contributed by atoms with E-state index in [9.17, 15) is 0 Å². The zero-order chi connectivity index (χ0) is 12.4. The van der Waals surface area contributed by atoms with E-state index in [2.05, 4.69) is 40.2 Å². The first-order valence-corrected chi connectivity index (χ1v) is 7.57. The van der Waals surface area contributed by atoms with Crippen LogP contribution in [0.1, 0.15) is 31.2 Å². The van der Waals surface area contributed by atoms with Crippen molar-refractivity contribution in [3.63, 3.8) is 0 Å². The minimum absolute atomic E-state index is 0.164. The summed E-state index contributed by atoms with van der Waals surface area (Å²) in [6.07, 6.45) is 5.95. The van der Waals surface area contributed by atoms with Crippen LogP contribution in [0.15, 0.2) is 28.7 Å². The molecule has 2 nitrogen and oxygen atoms in total. The van der Waals surface area contributed by atoms with Gasteiger partial charge in [-0.15, -0.1) is 0 Å². The molecule has 18 heavy (non-hydrogen) atoms. The average Bonchev–Trinajstić information content (AvgIpc) is 2.80. The number of halogens is 1. The summed E-state index contributed by atoms with van der Waals surface area (Å²) in [4.78, 5) is 0. The largest absolute Gasteiger partial charge is 0.348 e. The molecule has 1 aromatic carbocycles. The number of ether oxygens (including phenoxy) is 2. The van der Waals surface area contributed by atoms with Crippen molar-refractivity contribution in [3.05, 3.63) is 34.3 Å². The fourth-order valence-electron chi connectivity index (χ4n) is 3.00. The predicted octanol–water partition coefficient (Wildman–Crippen LogP) is 3.92. The van der Waals surface area contributed by atoms with Crippen LogP contribution < -0.4 is 0 Å². The van der Waals surface area contributed by atoms with Crippen molar-refractivity contribution >= 4 is 15.9 Å². The topological polar surface area (TPSA) is 18.5 Å². The van der Waals surface area contributed by atoms with Gasteiger partial charge >= 0.3 is 0 Å². The maximum atomic E-state index is 5.66. The van der Waals surface area contributed by atoms with Gasteiger partial charge in [0.25, 0.3) is 0 Å². The fourth-order valence-corrected chi connectivity index (χ4v) is 3.27. The minimum Gasteiger partial charge on any atom is -0.348 e. The van der Waals surface area contributed by atoms with Crippen LogP contribution in [0.25, 0.3) is 0 Å². The van der Waals surface area contributed by atoms with Gasteiger partial charge in [-0.3, -0.25) is 0 Å². The smallest absolute Gasteiger partial charge is 0.169 e. The van der Waals surface area contributed by atoms with E-state index in [1.165, 1.54) is 24.8 Å². The second kappa shape index (κ2) is 5.32. The van der Waals surface area contributed by atoms with Crippen LogP contribution in [0.2, 0.25) is 0 Å². The molecule has 1 saturated heterocycles. The highest BCUT2D eigenvalue weighted by atomic mass is 79.9. The summed E-state index contributed by atoms with van der Waals surface area (Å²) in [5.74, 6) is 0.640. The highest BCUT2D eigenvalue weighted by molar-refractivity contribution is 9.10. The Hall–Kier alpha value is -0.380. The van der Waals surface area contributed by atoms with E-state index < -0.39 is 0 Å². The lowest BCUT2D eigenvalue weighted by Crippen LogP contribution is -2.44. The van der Waals surface area contributed by atoms with Gasteiger partial charge in [-0.05, 0) is 42.9 Å². The Morgan fingerprint density at radius 3 is 2.44 bits per heavy atom. The zero-order valence-electron chi connectivity index (χ0n) is 10.5. The monoisotopic (exact) mass is 310 g/mol. The lowest BCUT2D eigenvalue weighted by Gasteiger charge is -2.43. The summed E-state index contributed by atoms with van der Waals surface area (Å²) in [6, 6.07) is 8.65. The van der Waals surface area contributed by atoms with Crippen LogP contribution in [-0.2, 0) is 15.9 Å². The van der Waals surface area contributed by atoms with Crippen molar-refractivity contribution < 1.29 is 9.47 Å². The number of rotatable bonds is 4. The lowest BCUT2D eigenvalue weighted by atomic mass is 9.76. The maximum Gasteiger partial charge on any atom is 0.169 e. The van der Waals surface area contributed by atoms with E-state index in [0.29, 0.717) is 0 Å². The van der Waals surface area contributed by atoms with Gasteiger partial charge in [0.2, 0.25) is 0 Å². The molecule has 1 spiro atoms. The molecule has 0 unspecified atom stereocenters. The third-order valence-electron chi connectivity index (χ3n) is 4.00. The maximum absolute atomic E-state index is 5.66. The average molecular weight is 311 g/mol. The molecular formula is C15H19BrO2. The second-order valence-corrected chi connectivity index (χ2v) is 6.32. The number of hydrogen-bond acceptors (Lipinski definition) is 2. The first-order chi connectivity index (χ1) is 8.76. The van der Waals surface area contributed by atoms with Gasteiger partial charge in [0.05, 0.1) is 13.2 Å². The lowest BCUT2D eigenvalue weighted by molar-refractivity contribution is -0.231. The van der Waals surface area contributed by atoms with E-state index in [4.69, 9.17) is 9.47 Å². The quantitative estimate of drug-likeness (QED) is 0.839. The van der Waals surface area contributed by atoms with Crippen LogP contribution in [0.5, 0.6) is 0 Å². The van der Waals surface area contributed by atoms with E-state index in [0.717, 1.165) is 36.4 Å². The number of aryl methyl sites for hydroxylation is 1. The summed E-state index contributed by atoms with van der Waals surface area (Å²) < 4.78 is 12.5. The molecule has 1 aliphatic heterocycles. The zero-order valence-corrected chi connectivity index (χ0v) is 12.1. The molecule has 0 bridgehead atoms. The molecule has 3 rings (SSSR count). The Balaban J connectivity index is 1.37. The standard InChI is InChI=1S/C15H19BrO2/c16-14-6-4-12(5-7-14)2-1-3-13-10-15(11-13)17-8-9-18-15/h4-7,13H,1-3,8-11H2. The molecule has 1 aliphatic carbocycles. The number of benzene rings is 1. The fraction of sp³-hybridized carbons (Fsp3) is 0.600. The first-order valence-electron chi connectivity index (χ1n) is 6.78. The Morgan fingerprint density at radius 2 is 1.78 bits per heavy atom. The summed E-state index contributed by atoms with van der Waals surface area (Å²) in [6.45, 7) is 1.57. The van der Waals surface area contributed by atoms with Crippen molar-refractivity contribution in [1.82, 2.24) is 0 Å². The van der Waals surface area contributed by atoms with Gasteiger partial charge in [-0.2, -0.15) is 0 Å². The highest BCUT2D eigenvalue weighted by Crippen LogP contribution is 2.46. The van der Waals surface area contributed by atoms with Crippen molar-refractivity contribution in [1.29, 1.82) is 0 Å². The molecule has 0 radical (unpaired) electrons. The molecule has 0 N–H and O–H groups in total. The summed E-state index contributed by atoms with van der Waals surface area (Å²) in [7, 11) is 0. The van der Waals surface area contributed by atoms with E-state index >= 15 is 0 Å². The van der Waals surface area contributed by atoms with Gasteiger partial charge in [-0.25, -0.2) is 0 Å². The molecule has 2 aliphatic rings. The van der Waals surface area contributed by atoms with Gasteiger partial charge in [0.15, 0.2) is 5.79 Å². The van der Waals surface area contributed by atoms with Crippen LogP contribution in [0, 0.1) is 5.92 Å².